The van der Waals surface area contributed by atoms with Crippen LogP contribution in [0.2, 0.25) is 10.0 Å². The molecule has 0 radical (unpaired) electrons. The van der Waals surface area contributed by atoms with Gasteiger partial charge in [0.2, 0.25) is 0 Å². The Morgan fingerprint density at radius 2 is 0.986 bits per heavy atom. The maximum absolute atomic E-state index is 11.9. The summed E-state index contributed by atoms with van der Waals surface area (Å²) in [5.74, 6) is -0.606. The van der Waals surface area contributed by atoms with Crippen LogP contribution in [-0.2, 0) is 49.1 Å². The summed E-state index contributed by atoms with van der Waals surface area (Å²) in [6, 6.07) is 20.6. The number of rotatable bonds is 27. The van der Waals surface area contributed by atoms with Crippen molar-refractivity contribution in [3.05, 3.63) is 163 Å². The van der Waals surface area contributed by atoms with E-state index in [0.29, 0.717) is 44.2 Å². The fourth-order valence-electron chi connectivity index (χ4n) is 7.78. The summed E-state index contributed by atoms with van der Waals surface area (Å²) in [4.78, 5) is 40.4. The molecule has 2 atom stereocenters. The van der Waals surface area contributed by atoms with E-state index in [-0.39, 0.29) is 65.6 Å². The minimum atomic E-state index is -1.09. The Morgan fingerprint density at radius 3 is 1.36 bits per heavy atom. The Balaban J connectivity index is 1.21. The number of aliphatic hydroxyl groups excluding tert-OH is 2. The molecule has 16 nitrogen and oxygen atoms in total. The molecule has 0 bridgehead atoms. The van der Waals surface area contributed by atoms with Crippen molar-refractivity contribution in [1.29, 1.82) is 0 Å². The standard InChI is InChI=1S/C54H58Cl2N6O10/c1-33-39(31-71-51-19-49(69-29-37-15-35(21-57-3)23-59-25-37)41(17-45(51)55)27-61-47(11-13-63)53(65)66)7-5-9-43(33)44-10-6-8-40(34(44)2)32-72-52-20-50(70-30-38-16-36(22-58-4)24-60-26-38)42(18-46(52)56)28-62-48(12-14-64)54(67)68/h5-10,15-26,47-48,61-64H,11-14,27-32H2,1-4H3,(H,65,66)(H,67,68)/b57-21+,58-22+/t47-,48-/m0/s1. The van der Waals surface area contributed by atoms with Crippen LogP contribution in [0, 0.1) is 13.8 Å². The smallest absolute Gasteiger partial charge is 0.320 e. The van der Waals surface area contributed by atoms with E-state index in [9.17, 15) is 30.0 Å². The number of halogens is 2. The van der Waals surface area contributed by atoms with Crippen molar-refractivity contribution >= 4 is 47.6 Å². The molecule has 0 fully saturated rings. The number of nitrogens with one attached hydrogen (secondary N) is 2. The van der Waals surface area contributed by atoms with Crippen LogP contribution >= 0.6 is 23.2 Å². The molecule has 6 rings (SSSR count). The lowest BCUT2D eigenvalue weighted by atomic mass is 9.92. The number of ether oxygens (including phenoxy) is 4. The Kier molecular flexibility index (Phi) is 20.4. The number of carboxylic acids is 2. The third-order valence-corrected chi connectivity index (χ3v) is 12.3. The summed E-state index contributed by atoms with van der Waals surface area (Å²) < 4.78 is 25.4. The lowest BCUT2D eigenvalue weighted by Gasteiger charge is -2.20. The van der Waals surface area contributed by atoms with E-state index in [1.807, 2.05) is 62.4 Å². The highest BCUT2D eigenvalue weighted by atomic mass is 35.5. The molecule has 0 amide bonds. The summed E-state index contributed by atoms with van der Waals surface area (Å²) >= 11 is 13.7. The van der Waals surface area contributed by atoms with E-state index in [1.54, 1.807) is 75.6 Å². The predicted octanol–water partition coefficient (Wildman–Crippen LogP) is 8.33. The quantitative estimate of drug-likeness (QED) is 0.0267. The normalized spacial score (nSPS) is 12.3. The highest BCUT2D eigenvalue weighted by Gasteiger charge is 2.21. The van der Waals surface area contributed by atoms with Crippen molar-refractivity contribution in [2.24, 2.45) is 9.98 Å². The van der Waals surface area contributed by atoms with Crippen molar-refractivity contribution in [3.63, 3.8) is 0 Å². The van der Waals surface area contributed by atoms with Gasteiger partial charge in [-0.05, 0) is 84.3 Å². The largest absolute Gasteiger partial charge is 0.488 e. The van der Waals surface area contributed by atoms with Crippen LogP contribution in [0.5, 0.6) is 23.0 Å². The van der Waals surface area contributed by atoms with Gasteiger partial charge in [-0.25, -0.2) is 0 Å². The number of pyridine rings is 2. The van der Waals surface area contributed by atoms with Gasteiger partial charge in [-0.2, -0.15) is 0 Å². The topological polar surface area (TPSA) is 227 Å². The molecule has 0 aliphatic heterocycles. The van der Waals surface area contributed by atoms with Gasteiger partial charge in [0.25, 0.3) is 0 Å². The Hall–Kier alpha value is -6.92. The molecule has 0 aliphatic carbocycles. The summed E-state index contributed by atoms with van der Waals surface area (Å²) in [7, 11) is 3.35. The van der Waals surface area contributed by atoms with Crippen LogP contribution in [0.25, 0.3) is 11.1 Å². The van der Waals surface area contributed by atoms with Gasteiger partial charge in [0.15, 0.2) is 0 Å². The molecule has 0 saturated heterocycles. The number of hydrogen-bond donors (Lipinski definition) is 6. The molecule has 72 heavy (non-hydrogen) atoms. The first kappa shape index (κ1) is 54.4. The highest BCUT2D eigenvalue weighted by molar-refractivity contribution is 6.32. The molecule has 4 aromatic carbocycles. The summed E-state index contributed by atoms with van der Waals surface area (Å²) in [6.45, 7) is 4.28. The first-order valence-electron chi connectivity index (χ1n) is 23.0. The van der Waals surface area contributed by atoms with Crippen molar-refractivity contribution in [1.82, 2.24) is 20.6 Å². The third kappa shape index (κ3) is 15.1. The summed E-state index contributed by atoms with van der Waals surface area (Å²) in [5.41, 5.74) is 10.2. The molecule has 2 heterocycles. The monoisotopic (exact) mass is 1020 g/mol. The van der Waals surface area contributed by atoms with Gasteiger partial charge in [0.05, 0.1) is 10.0 Å². The van der Waals surface area contributed by atoms with Gasteiger partial charge < -0.3 is 50.0 Å². The van der Waals surface area contributed by atoms with Gasteiger partial charge in [-0.1, -0.05) is 59.6 Å². The van der Waals surface area contributed by atoms with Crippen molar-refractivity contribution in [2.75, 3.05) is 27.3 Å². The number of carboxylic acid groups (broad SMARTS) is 2. The second kappa shape index (κ2) is 27.1. The average Bonchev–Trinajstić information content (AvgIpc) is 3.36. The SMILES string of the molecule is C/N=C/c1cncc(COc2cc(OCc3cccc(-c4cccc(COc5cc(OCc6cncc(/C=N/C)c6)c(CN[C@@H](CCO)C(=O)O)cc5Cl)c4C)c3C)c(Cl)cc2CN[C@@H](CCO)C(=O)O)c1. The van der Waals surface area contributed by atoms with Gasteiger partial charge in [0, 0.05) is 123 Å². The Labute approximate surface area is 428 Å². The second-order valence-corrected chi connectivity index (χ2v) is 17.5. The lowest BCUT2D eigenvalue weighted by Crippen LogP contribution is -2.37. The molecule has 0 spiro atoms. The number of aliphatic imine (C=N–C) groups is 2. The fraction of sp³-hybridized carbons (Fsp3) is 0.296. The van der Waals surface area contributed by atoms with Crippen molar-refractivity contribution in [2.45, 2.75) is 78.3 Å². The van der Waals surface area contributed by atoms with Crippen LogP contribution < -0.4 is 29.6 Å². The Morgan fingerprint density at radius 1 is 0.583 bits per heavy atom. The minimum absolute atomic E-state index is 0.0200. The van der Waals surface area contributed by atoms with Gasteiger partial charge >= 0.3 is 11.9 Å². The van der Waals surface area contributed by atoms with Gasteiger partial charge in [0.1, 0.15) is 61.5 Å². The van der Waals surface area contributed by atoms with Crippen LogP contribution in [-0.4, -0.2) is 94.2 Å². The molecule has 0 saturated carbocycles. The number of nitrogens with zero attached hydrogens (tertiary/aromatic N) is 4. The fourth-order valence-corrected chi connectivity index (χ4v) is 8.26. The molecular formula is C54H58Cl2N6O10. The molecule has 6 aromatic rings. The van der Waals surface area contributed by atoms with E-state index >= 15 is 0 Å². The van der Waals surface area contributed by atoms with Crippen molar-refractivity contribution < 1.29 is 49.0 Å². The van der Waals surface area contributed by atoms with E-state index < -0.39 is 24.0 Å². The average molecular weight is 1020 g/mol. The third-order valence-electron chi connectivity index (χ3n) is 11.7. The first-order chi connectivity index (χ1) is 34.8. The molecule has 0 aliphatic rings. The highest BCUT2D eigenvalue weighted by Crippen LogP contribution is 2.37. The number of aliphatic carboxylic acids is 2. The van der Waals surface area contributed by atoms with Crippen LogP contribution in [0.4, 0.5) is 0 Å². The molecule has 0 unspecified atom stereocenters. The number of hydrogen-bond acceptors (Lipinski definition) is 14. The zero-order chi connectivity index (χ0) is 51.6. The molecule has 378 valence electrons. The number of benzene rings is 4. The number of carbonyl (C=O) groups is 2. The number of aliphatic hydroxyl groups is 2. The molecular weight excluding hydrogens is 964 g/mol. The van der Waals surface area contributed by atoms with E-state index in [0.717, 1.165) is 55.6 Å². The predicted molar refractivity (Wildman–Crippen MR) is 277 cm³/mol. The zero-order valence-electron chi connectivity index (χ0n) is 40.4. The molecule has 2 aromatic heterocycles. The molecule has 18 heteroatoms. The first-order valence-corrected chi connectivity index (χ1v) is 23.8. The summed E-state index contributed by atoms with van der Waals surface area (Å²) in [6.07, 6.45) is 10.2. The summed E-state index contributed by atoms with van der Waals surface area (Å²) in [5, 5.41) is 44.8. The molecule has 6 N–H and O–H groups in total. The minimum Gasteiger partial charge on any atom is -0.488 e. The van der Waals surface area contributed by atoms with Gasteiger partial charge in [-0.3, -0.25) is 29.5 Å². The van der Waals surface area contributed by atoms with Crippen LogP contribution in [0.3, 0.4) is 0 Å². The lowest BCUT2D eigenvalue weighted by molar-refractivity contribution is -0.140. The maximum atomic E-state index is 11.9. The maximum Gasteiger partial charge on any atom is 0.320 e. The van der Waals surface area contributed by atoms with Crippen LogP contribution in [0.1, 0.15) is 68.5 Å². The van der Waals surface area contributed by atoms with E-state index in [1.165, 1.54) is 0 Å². The van der Waals surface area contributed by atoms with E-state index in [2.05, 4.69) is 30.6 Å². The Bertz CT molecular complexity index is 2690. The number of aromatic nitrogens is 2. The van der Waals surface area contributed by atoms with Crippen LogP contribution in [0.15, 0.2) is 108 Å². The second-order valence-electron chi connectivity index (χ2n) is 16.7. The van der Waals surface area contributed by atoms with Crippen molar-refractivity contribution in [3.8, 4) is 34.1 Å². The van der Waals surface area contributed by atoms with E-state index in [4.69, 9.17) is 42.1 Å². The zero-order valence-corrected chi connectivity index (χ0v) is 41.9. The van der Waals surface area contributed by atoms with Gasteiger partial charge in [-0.15, -0.1) is 0 Å².